The van der Waals surface area contributed by atoms with Gasteiger partial charge in [0, 0.05) is 15.4 Å². The summed E-state index contributed by atoms with van der Waals surface area (Å²) in [6.45, 7) is 0. The number of rotatable bonds is 5. The van der Waals surface area contributed by atoms with Crippen LogP contribution in [0.1, 0.15) is 16.0 Å². The molecule has 0 spiro atoms. The summed E-state index contributed by atoms with van der Waals surface area (Å²) >= 11 is 9.63. The van der Waals surface area contributed by atoms with Crippen LogP contribution in [0, 0.1) is 0 Å². The van der Waals surface area contributed by atoms with Crippen LogP contribution in [0.2, 0.25) is 5.02 Å². The van der Waals surface area contributed by atoms with Gasteiger partial charge in [0.05, 0.1) is 14.2 Å². The van der Waals surface area contributed by atoms with Gasteiger partial charge in [-0.15, -0.1) is 0 Å². The molecule has 0 aliphatic rings. The van der Waals surface area contributed by atoms with Gasteiger partial charge in [0.1, 0.15) is 0 Å². The van der Waals surface area contributed by atoms with Crippen LogP contribution in [0.4, 0.5) is 0 Å². The van der Waals surface area contributed by atoms with Crippen molar-refractivity contribution < 1.29 is 9.47 Å². The Morgan fingerprint density at radius 2 is 1.75 bits per heavy atom. The molecule has 4 heteroatoms. The van der Waals surface area contributed by atoms with Gasteiger partial charge in [-0.05, 0) is 30.2 Å². The topological polar surface area (TPSA) is 18.5 Å². The second-order valence-corrected chi connectivity index (χ2v) is 5.92. The lowest BCUT2D eigenvalue weighted by Crippen LogP contribution is -2.00. The highest BCUT2D eigenvalue weighted by molar-refractivity contribution is 9.09. The Morgan fingerprint density at radius 1 is 1.05 bits per heavy atom. The molecule has 0 N–H and O–H groups in total. The molecule has 0 saturated heterocycles. The van der Waals surface area contributed by atoms with Gasteiger partial charge in [-0.1, -0.05) is 51.8 Å². The maximum absolute atomic E-state index is 5.90. The first-order chi connectivity index (χ1) is 9.65. The summed E-state index contributed by atoms with van der Waals surface area (Å²) in [5.41, 5.74) is 2.28. The molecule has 1 atom stereocenters. The molecule has 0 amide bonds. The number of para-hydroxylation sites is 1. The lowest BCUT2D eigenvalue weighted by molar-refractivity contribution is 0.351. The van der Waals surface area contributed by atoms with Crippen LogP contribution in [-0.4, -0.2) is 14.2 Å². The lowest BCUT2D eigenvalue weighted by atomic mass is 10.0. The number of hydrogen-bond donors (Lipinski definition) is 0. The van der Waals surface area contributed by atoms with Crippen molar-refractivity contribution in [2.45, 2.75) is 11.2 Å². The molecule has 0 aromatic heterocycles. The second-order valence-electron chi connectivity index (χ2n) is 4.38. The average Bonchev–Trinajstić information content (AvgIpc) is 2.48. The largest absolute Gasteiger partial charge is 0.493 e. The summed E-state index contributed by atoms with van der Waals surface area (Å²) in [6, 6.07) is 13.8. The average molecular weight is 356 g/mol. The van der Waals surface area contributed by atoms with Crippen LogP contribution >= 0.6 is 27.5 Å². The summed E-state index contributed by atoms with van der Waals surface area (Å²) in [5.74, 6) is 1.51. The van der Waals surface area contributed by atoms with E-state index in [0.29, 0.717) is 0 Å². The molecule has 1 unspecified atom stereocenters. The van der Waals surface area contributed by atoms with Gasteiger partial charge in [0.15, 0.2) is 11.5 Å². The van der Waals surface area contributed by atoms with Crippen LogP contribution in [0.3, 0.4) is 0 Å². The Morgan fingerprint density at radius 3 is 2.35 bits per heavy atom. The Bertz CT molecular complexity index is 569. The van der Waals surface area contributed by atoms with E-state index in [1.165, 1.54) is 5.56 Å². The lowest BCUT2D eigenvalue weighted by Gasteiger charge is -2.16. The SMILES string of the molecule is COc1cccc(C(Br)Cc2ccc(Cl)cc2)c1OC. The van der Waals surface area contributed by atoms with Gasteiger partial charge in [-0.3, -0.25) is 0 Å². The zero-order chi connectivity index (χ0) is 14.5. The molecule has 2 aromatic carbocycles. The van der Waals surface area contributed by atoms with Gasteiger partial charge in [-0.2, -0.15) is 0 Å². The molecule has 2 aromatic rings. The molecule has 0 fully saturated rings. The molecule has 0 bridgehead atoms. The van der Waals surface area contributed by atoms with Crippen LogP contribution in [-0.2, 0) is 6.42 Å². The Hall–Kier alpha value is -1.19. The van der Waals surface area contributed by atoms with Crippen molar-refractivity contribution in [3.63, 3.8) is 0 Å². The van der Waals surface area contributed by atoms with E-state index < -0.39 is 0 Å². The van der Waals surface area contributed by atoms with Crippen molar-refractivity contribution in [2.24, 2.45) is 0 Å². The smallest absolute Gasteiger partial charge is 0.165 e. The Balaban J connectivity index is 2.24. The number of halogens is 2. The maximum atomic E-state index is 5.90. The van der Waals surface area contributed by atoms with Crippen LogP contribution in [0.25, 0.3) is 0 Å². The molecule has 106 valence electrons. The molecule has 0 aliphatic heterocycles. The highest BCUT2D eigenvalue weighted by atomic mass is 79.9. The van der Waals surface area contributed by atoms with Crippen LogP contribution < -0.4 is 9.47 Å². The Labute approximate surface area is 132 Å². The third-order valence-corrected chi connectivity index (χ3v) is 4.17. The van der Waals surface area contributed by atoms with Crippen molar-refractivity contribution in [2.75, 3.05) is 14.2 Å². The molecule has 20 heavy (non-hydrogen) atoms. The second kappa shape index (κ2) is 7.00. The van der Waals surface area contributed by atoms with E-state index in [-0.39, 0.29) is 4.83 Å². The van der Waals surface area contributed by atoms with E-state index in [9.17, 15) is 0 Å². The third-order valence-electron chi connectivity index (χ3n) is 3.10. The van der Waals surface area contributed by atoms with Crippen molar-refractivity contribution in [3.8, 4) is 11.5 Å². The standard InChI is InChI=1S/C16H16BrClO2/c1-19-15-5-3-4-13(16(15)20-2)14(17)10-11-6-8-12(18)9-7-11/h3-9,14H,10H2,1-2H3. The highest BCUT2D eigenvalue weighted by Crippen LogP contribution is 2.39. The van der Waals surface area contributed by atoms with Gasteiger partial charge in [0.25, 0.3) is 0 Å². The van der Waals surface area contributed by atoms with Crippen molar-refractivity contribution in [1.82, 2.24) is 0 Å². The number of methoxy groups -OCH3 is 2. The summed E-state index contributed by atoms with van der Waals surface area (Å²) < 4.78 is 10.8. The van der Waals surface area contributed by atoms with E-state index in [4.69, 9.17) is 21.1 Å². The van der Waals surface area contributed by atoms with E-state index in [0.717, 1.165) is 28.5 Å². The van der Waals surface area contributed by atoms with Crippen LogP contribution in [0.5, 0.6) is 11.5 Å². The van der Waals surface area contributed by atoms with E-state index in [1.807, 2.05) is 42.5 Å². The molecule has 2 nitrogen and oxygen atoms in total. The van der Waals surface area contributed by atoms with E-state index >= 15 is 0 Å². The first-order valence-corrected chi connectivity index (χ1v) is 7.54. The quantitative estimate of drug-likeness (QED) is 0.700. The zero-order valence-corrected chi connectivity index (χ0v) is 13.7. The summed E-state index contributed by atoms with van der Waals surface area (Å²) in [5, 5.41) is 0.749. The monoisotopic (exact) mass is 354 g/mol. The normalized spacial score (nSPS) is 12.0. The Kier molecular flexibility index (Phi) is 5.32. The summed E-state index contributed by atoms with van der Waals surface area (Å²) in [4.78, 5) is 0.147. The summed E-state index contributed by atoms with van der Waals surface area (Å²) in [6.07, 6.45) is 0.848. The molecule has 0 radical (unpaired) electrons. The van der Waals surface area contributed by atoms with E-state index in [1.54, 1.807) is 14.2 Å². The molecule has 2 rings (SSSR count). The van der Waals surface area contributed by atoms with Crippen LogP contribution in [0.15, 0.2) is 42.5 Å². The number of ether oxygens (including phenoxy) is 2. The van der Waals surface area contributed by atoms with E-state index in [2.05, 4.69) is 15.9 Å². The fraction of sp³-hybridized carbons (Fsp3) is 0.250. The molecular weight excluding hydrogens is 340 g/mol. The minimum Gasteiger partial charge on any atom is -0.493 e. The fourth-order valence-corrected chi connectivity index (χ4v) is 2.96. The van der Waals surface area contributed by atoms with Gasteiger partial charge >= 0.3 is 0 Å². The molecule has 0 aliphatic carbocycles. The minimum atomic E-state index is 0.147. The van der Waals surface area contributed by atoms with Gasteiger partial charge in [-0.25, -0.2) is 0 Å². The third kappa shape index (κ3) is 3.47. The van der Waals surface area contributed by atoms with Crippen molar-refractivity contribution >= 4 is 27.5 Å². The number of hydrogen-bond acceptors (Lipinski definition) is 2. The minimum absolute atomic E-state index is 0.147. The highest BCUT2D eigenvalue weighted by Gasteiger charge is 2.17. The van der Waals surface area contributed by atoms with Crippen molar-refractivity contribution in [3.05, 3.63) is 58.6 Å². The predicted molar refractivity (Wildman–Crippen MR) is 86.4 cm³/mol. The first kappa shape index (κ1) is 15.2. The molecule has 0 heterocycles. The first-order valence-electron chi connectivity index (χ1n) is 6.25. The fourth-order valence-electron chi connectivity index (χ4n) is 2.10. The number of alkyl halides is 1. The summed E-state index contributed by atoms with van der Waals surface area (Å²) in [7, 11) is 3.30. The predicted octanol–water partition coefficient (Wildman–Crippen LogP) is 5.04. The number of benzene rings is 2. The maximum Gasteiger partial charge on any atom is 0.165 e. The van der Waals surface area contributed by atoms with Gasteiger partial charge < -0.3 is 9.47 Å². The molecule has 0 saturated carbocycles. The zero-order valence-electron chi connectivity index (χ0n) is 11.4. The van der Waals surface area contributed by atoms with Crippen molar-refractivity contribution in [1.29, 1.82) is 0 Å². The van der Waals surface area contributed by atoms with Gasteiger partial charge in [0.2, 0.25) is 0 Å². The molecular formula is C16H16BrClO2.